The van der Waals surface area contributed by atoms with E-state index < -0.39 is 6.09 Å². The van der Waals surface area contributed by atoms with Crippen LogP contribution in [-0.4, -0.2) is 35.3 Å². The zero-order valence-corrected chi connectivity index (χ0v) is 9.87. The van der Waals surface area contributed by atoms with Crippen LogP contribution >= 0.6 is 0 Å². The van der Waals surface area contributed by atoms with E-state index in [1.165, 1.54) is 4.90 Å². The van der Waals surface area contributed by atoms with Crippen LogP contribution in [0.3, 0.4) is 0 Å². The van der Waals surface area contributed by atoms with Gasteiger partial charge in [-0.2, -0.15) is 0 Å². The number of hydrogen-bond acceptors (Lipinski definition) is 2. The first-order valence-corrected chi connectivity index (χ1v) is 5.78. The molecule has 0 aliphatic heterocycles. The molecule has 1 aliphatic rings. The van der Waals surface area contributed by atoms with E-state index in [0.29, 0.717) is 6.61 Å². The van der Waals surface area contributed by atoms with Crippen molar-refractivity contribution in [1.82, 2.24) is 4.90 Å². The second-order valence-corrected chi connectivity index (χ2v) is 4.44. The molecule has 1 aromatic carbocycles. The van der Waals surface area contributed by atoms with E-state index >= 15 is 0 Å². The molecule has 1 N–H and O–H groups in total. The Labute approximate surface area is 101 Å². The molecule has 2 rings (SSSR count). The smallest absolute Gasteiger partial charge is 0.407 e. The van der Waals surface area contributed by atoms with Crippen molar-refractivity contribution >= 4 is 6.09 Å². The molecule has 0 heterocycles. The third-order valence-electron chi connectivity index (χ3n) is 3.25. The van der Waals surface area contributed by atoms with Crippen LogP contribution in [0.4, 0.5) is 4.79 Å². The quantitative estimate of drug-likeness (QED) is 0.871. The van der Waals surface area contributed by atoms with Gasteiger partial charge in [-0.15, -0.1) is 0 Å². The fourth-order valence-electron chi connectivity index (χ4n) is 1.93. The van der Waals surface area contributed by atoms with Gasteiger partial charge < -0.3 is 14.7 Å². The van der Waals surface area contributed by atoms with Crippen LogP contribution in [0.25, 0.3) is 0 Å². The molecule has 4 nitrogen and oxygen atoms in total. The molecule has 1 saturated carbocycles. The molecule has 0 aromatic heterocycles. The summed E-state index contributed by atoms with van der Waals surface area (Å²) in [5.74, 6) is 0. The van der Waals surface area contributed by atoms with Crippen molar-refractivity contribution in [2.45, 2.75) is 31.6 Å². The van der Waals surface area contributed by atoms with Crippen LogP contribution in [0.1, 0.15) is 18.4 Å². The van der Waals surface area contributed by atoms with Crippen molar-refractivity contribution in [3.63, 3.8) is 0 Å². The summed E-state index contributed by atoms with van der Waals surface area (Å²) >= 11 is 0. The number of benzene rings is 1. The minimum absolute atomic E-state index is 0.119. The molecule has 0 unspecified atom stereocenters. The Kier molecular flexibility index (Phi) is 3.64. The predicted molar refractivity (Wildman–Crippen MR) is 63.8 cm³/mol. The van der Waals surface area contributed by atoms with E-state index in [0.717, 1.165) is 18.4 Å². The Morgan fingerprint density at radius 1 is 1.41 bits per heavy atom. The normalized spacial score (nSPS) is 22.9. The zero-order valence-electron chi connectivity index (χ0n) is 9.87. The average Bonchev–Trinajstić information content (AvgIpc) is 2.28. The summed E-state index contributed by atoms with van der Waals surface area (Å²) < 4.78 is 5.70. The first-order chi connectivity index (χ1) is 8.16. The highest BCUT2D eigenvalue weighted by molar-refractivity contribution is 5.65. The molecule has 1 fully saturated rings. The van der Waals surface area contributed by atoms with Crippen molar-refractivity contribution in [1.29, 1.82) is 0 Å². The van der Waals surface area contributed by atoms with Gasteiger partial charge in [0.1, 0.15) is 0 Å². The first-order valence-electron chi connectivity index (χ1n) is 5.78. The summed E-state index contributed by atoms with van der Waals surface area (Å²) in [6.45, 7) is 0.606. The van der Waals surface area contributed by atoms with E-state index in [-0.39, 0.29) is 12.1 Å². The second-order valence-electron chi connectivity index (χ2n) is 4.44. The van der Waals surface area contributed by atoms with Crippen molar-refractivity contribution in [2.24, 2.45) is 0 Å². The molecular formula is C13H17NO3. The summed E-state index contributed by atoms with van der Waals surface area (Å²) in [6.07, 6.45) is 0.934. The van der Waals surface area contributed by atoms with Gasteiger partial charge in [-0.1, -0.05) is 30.3 Å². The summed E-state index contributed by atoms with van der Waals surface area (Å²) in [5, 5.41) is 8.80. The highest BCUT2D eigenvalue weighted by Gasteiger charge is 2.34. The number of hydrogen-bond donors (Lipinski definition) is 1. The first kappa shape index (κ1) is 11.9. The highest BCUT2D eigenvalue weighted by atomic mass is 16.5. The van der Waals surface area contributed by atoms with Gasteiger partial charge in [-0.25, -0.2) is 4.79 Å². The molecule has 0 atom stereocenters. The Hall–Kier alpha value is -1.55. The average molecular weight is 235 g/mol. The topological polar surface area (TPSA) is 49.8 Å². The van der Waals surface area contributed by atoms with Gasteiger partial charge in [0.25, 0.3) is 0 Å². The fourth-order valence-corrected chi connectivity index (χ4v) is 1.93. The number of carboxylic acid groups (broad SMARTS) is 1. The van der Waals surface area contributed by atoms with Crippen LogP contribution in [-0.2, 0) is 11.3 Å². The second kappa shape index (κ2) is 5.19. The van der Waals surface area contributed by atoms with E-state index in [1.54, 1.807) is 7.05 Å². The molecule has 1 aliphatic carbocycles. The van der Waals surface area contributed by atoms with Gasteiger partial charge in [0.2, 0.25) is 0 Å². The fraction of sp³-hybridized carbons (Fsp3) is 0.462. The monoisotopic (exact) mass is 235 g/mol. The Balaban J connectivity index is 1.70. The molecule has 17 heavy (non-hydrogen) atoms. The van der Waals surface area contributed by atoms with Crippen molar-refractivity contribution in [2.75, 3.05) is 7.05 Å². The summed E-state index contributed by atoms with van der Waals surface area (Å²) in [7, 11) is 1.61. The molecule has 0 saturated heterocycles. The van der Waals surface area contributed by atoms with E-state index in [4.69, 9.17) is 9.84 Å². The van der Waals surface area contributed by atoms with Crippen LogP contribution < -0.4 is 0 Å². The van der Waals surface area contributed by atoms with Crippen LogP contribution in [0.2, 0.25) is 0 Å². The van der Waals surface area contributed by atoms with Crippen molar-refractivity contribution in [3.8, 4) is 0 Å². The Morgan fingerprint density at radius 3 is 2.65 bits per heavy atom. The molecule has 0 radical (unpaired) electrons. The van der Waals surface area contributed by atoms with Crippen LogP contribution in [0, 0.1) is 0 Å². The molecule has 1 aromatic rings. The summed E-state index contributed by atoms with van der Waals surface area (Å²) in [4.78, 5) is 12.1. The zero-order chi connectivity index (χ0) is 12.3. The number of rotatable bonds is 4. The molecular weight excluding hydrogens is 218 g/mol. The van der Waals surface area contributed by atoms with Gasteiger partial charge >= 0.3 is 6.09 Å². The predicted octanol–water partition coefficient (Wildman–Crippen LogP) is 2.34. The third-order valence-corrected chi connectivity index (χ3v) is 3.25. The van der Waals surface area contributed by atoms with Gasteiger partial charge in [0, 0.05) is 13.1 Å². The van der Waals surface area contributed by atoms with Crippen LogP contribution in [0.5, 0.6) is 0 Å². The van der Waals surface area contributed by atoms with E-state index in [2.05, 4.69) is 0 Å². The van der Waals surface area contributed by atoms with Gasteiger partial charge in [-0.3, -0.25) is 0 Å². The number of ether oxygens (including phenoxy) is 1. The molecule has 0 bridgehead atoms. The summed E-state index contributed by atoms with van der Waals surface area (Å²) in [5.41, 5.74) is 1.16. The lowest BCUT2D eigenvalue weighted by atomic mass is 9.88. The molecule has 0 spiro atoms. The highest BCUT2D eigenvalue weighted by Crippen LogP contribution is 2.28. The van der Waals surface area contributed by atoms with Gasteiger partial charge in [0.15, 0.2) is 0 Å². The number of nitrogens with zero attached hydrogens (tertiary/aromatic N) is 1. The maximum atomic E-state index is 10.7. The lowest BCUT2D eigenvalue weighted by Crippen LogP contribution is -2.48. The molecule has 1 amide bonds. The van der Waals surface area contributed by atoms with Crippen molar-refractivity contribution in [3.05, 3.63) is 35.9 Å². The maximum absolute atomic E-state index is 10.7. The van der Waals surface area contributed by atoms with E-state index in [9.17, 15) is 4.79 Å². The van der Waals surface area contributed by atoms with Crippen molar-refractivity contribution < 1.29 is 14.6 Å². The van der Waals surface area contributed by atoms with Gasteiger partial charge in [0.05, 0.1) is 12.7 Å². The largest absolute Gasteiger partial charge is 0.465 e. The SMILES string of the molecule is CN(C(=O)O)[C@H]1C[C@@H](OCc2ccccc2)C1. The Morgan fingerprint density at radius 2 is 2.06 bits per heavy atom. The lowest BCUT2D eigenvalue weighted by molar-refractivity contribution is -0.0487. The standard InChI is InChI=1S/C13H17NO3/c1-14(13(15)16)11-7-12(8-11)17-9-10-5-3-2-4-6-10/h2-6,11-12H,7-9H2,1H3,(H,15,16)/t11-,12+. The van der Waals surface area contributed by atoms with Crippen LogP contribution in [0.15, 0.2) is 30.3 Å². The number of carbonyl (C=O) groups is 1. The molecule has 4 heteroatoms. The summed E-state index contributed by atoms with van der Waals surface area (Å²) in [6, 6.07) is 10.1. The third kappa shape index (κ3) is 2.97. The lowest BCUT2D eigenvalue weighted by Gasteiger charge is -2.39. The maximum Gasteiger partial charge on any atom is 0.407 e. The minimum atomic E-state index is -0.864. The molecule has 92 valence electrons. The number of amides is 1. The minimum Gasteiger partial charge on any atom is -0.465 e. The van der Waals surface area contributed by atoms with Gasteiger partial charge in [-0.05, 0) is 18.4 Å². The van der Waals surface area contributed by atoms with E-state index in [1.807, 2.05) is 30.3 Å². The Bertz CT molecular complexity index is 374.